The highest BCUT2D eigenvalue weighted by molar-refractivity contribution is 5.94. The van der Waals surface area contributed by atoms with Crippen LogP contribution in [0.1, 0.15) is 68.1 Å². The average Bonchev–Trinajstić information content (AvgIpc) is 3.40. The van der Waals surface area contributed by atoms with Gasteiger partial charge in [-0.05, 0) is 49.9 Å². The summed E-state index contributed by atoms with van der Waals surface area (Å²) in [5.41, 5.74) is -0.0674. The van der Waals surface area contributed by atoms with Gasteiger partial charge in [-0.2, -0.15) is 0 Å². The Morgan fingerprint density at radius 2 is 1.81 bits per heavy atom. The summed E-state index contributed by atoms with van der Waals surface area (Å²) in [4.78, 5) is 27.7. The molecule has 0 radical (unpaired) electrons. The van der Waals surface area contributed by atoms with Crippen LogP contribution in [0, 0.1) is 0 Å². The number of ether oxygens (including phenoxy) is 2. The summed E-state index contributed by atoms with van der Waals surface area (Å²) >= 11 is 0. The number of carbonyl (C=O) groups excluding carboxylic acids is 2. The van der Waals surface area contributed by atoms with Crippen LogP contribution in [0.2, 0.25) is 0 Å². The van der Waals surface area contributed by atoms with Gasteiger partial charge in [0.1, 0.15) is 12.4 Å². The van der Waals surface area contributed by atoms with Gasteiger partial charge in [-0.3, -0.25) is 14.9 Å². The highest BCUT2D eigenvalue weighted by atomic mass is 16.5. The largest absolute Gasteiger partial charge is 0.491 e. The number of nitrogens with zero attached hydrogens (tertiary/aromatic N) is 1. The molecule has 168 valence electrons. The van der Waals surface area contributed by atoms with Crippen molar-refractivity contribution in [2.75, 3.05) is 26.3 Å². The Bertz CT molecular complexity index is 805. The van der Waals surface area contributed by atoms with Gasteiger partial charge in [0.2, 0.25) is 5.91 Å². The average molecular weight is 428 g/mol. The Labute approximate surface area is 183 Å². The Morgan fingerprint density at radius 3 is 2.48 bits per heavy atom. The molecule has 3 aliphatic heterocycles. The van der Waals surface area contributed by atoms with Gasteiger partial charge in [0.05, 0.1) is 17.3 Å². The number of amides is 2. The van der Waals surface area contributed by atoms with Crippen LogP contribution in [0.5, 0.6) is 5.75 Å². The van der Waals surface area contributed by atoms with Crippen LogP contribution in [0.15, 0.2) is 24.3 Å². The lowest BCUT2D eigenvalue weighted by Gasteiger charge is -2.41. The van der Waals surface area contributed by atoms with Crippen LogP contribution in [0.3, 0.4) is 0 Å². The predicted molar refractivity (Wildman–Crippen MR) is 116 cm³/mol. The van der Waals surface area contributed by atoms with E-state index in [1.807, 2.05) is 29.2 Å². The Kier molecular flexibility index (Phi) is 5.65. The monoisotopic (exact) mass is 427 g/mol. The normalized spacial score (nSPS) is 26.9. The number of likely N-dealkylation sites (tertiary alicyclic amines) is 1. The lowest BCUT2D eigenvalue weighted by Crippen LogP contribution is -2.60. The first-order valence-corrected chi connectivity index (χ1v) is 11.8. The van der Waals surface area contributed by atoms with E-state index in [9.17, 15) is 9.59 Å². The number of hydrogen-bond acceptors (Lipinski definition) is 5. The molecule has 7 nitrogen and oxygen atoms in total. The fraction of sp³-hybridized carbons (Fsp3) is 0.667. The second kappa shape index (κ2) is 8.43. The Hall–Kier alpha value is -2.12. The first-order chi connectivity index (χ1) is 15.1. The number of nitrogens with one attached hydrogen (secondary N) is 2. The van der Waals surface area contributed by atoms with Gasteiger partial charge in [-0.1, -0.05) is 19.3 Å². The maximum atomic E-state index is 13.0. The molecule has 1 aromatic carbocycles. The number of piperidine rings is 1. The van der Waals surface area contributed by atoms with Gasteiger partial charge < -0.3 is 19.7 Å². The van der Waals surface area contributed by atoms with E-state index in [-0.39, 0.29) is 29.1 Å². The third-order valence-electron chi connectivity index (χ3n) is 7.44. The van der Waals surface area contributed by atoms with Gasteiger partial charge in [0.25, 0.3) is 5.91 Å². The number of hydrogen-bond donors (Lipinski definition) is 2. The molecule has 7 heteroatoms. The first kappa shape index (κ1) is 20.8. The summed E-state index contributed by atoms with van der Waals surface area (Å²) in [6, 6.07) is 7.40. The van der Waals surface area contributed by atoms with Gasteiger partial charge in [0.15, 0.2) is 0 Å². The smallest absolute Gasteiger partial charge is 0.253 e. The molecule has 1 atom stereocenters. The van der Waals surface area contributed by atoms with E-state index < -0.39 is 0 Å². The quantitative estimate of drug-likeness (QED) is 0.772. The molecule has 2 amide bonds. The number of carbonyl (C=O) groups is 2. The zero-order valence-corrected chi connectivity index (χ0v) is 18.2. The zero-order chi connectivity index (χ0) is 21.3. The number of benzene rings is 1. The van der Waals surface area contributed by atoms with Crippen molar-refractivity contribution in [3.05, 3.63) is 29.8 Å². The van der Waals surface area contributed by atoms with Crippen molar-refractivity contribution in [3.63, 3.8) is 0 Å². The summed E-state index contributed by atoms with van der Waals surface area (Å²) in [6.45, 7) is 2.65. The Balaban J connectivity index is 1.15. The number of rotatable bonds is 4. The molecule has 1 aromatic rings. The minimum atomic E-state index is -0.385. The van der Waals surface area contributed by atoms with Crippen LogP contribution >= 0.6 is 0 Å². The van der Waals surface area contributed by atoms with Gasteiger partial charge in [-0.25, -0.2) is 0 Å². The summed E-state index contributed by atoms with van der Waals surface area (Å²) in [7, 11) is 0. The molecule has 4 aliphatic rings. The van der Waals surface area contributed by atoms with Gasteiger partial charge in [0, 0.05) is 38.1 Å². The third kappa shape index (κ3) is 4.17. The molecule has 1 saturated carbocycles. The van der Waals surface area contributed by atoms with Crippen LogP contribution in [0.25, 0.3) is 0 Å². The fourth-order valence-electron chi connectivity index (χ4n) is 5.57. The van der Waals surface area contributed by atoms with Crippen molar-refractivity contribution >= 4 is 11.8 Å². The fourth-order valence-corrected chi connectivity index (χ4v) is 5.57. The lowest BCUT2D eigenvalue weighted by molar-refractivity contribution is -0.125. The maximum Gasteiger partial charge on any atom is 0.253 e. The molecular weight excluding hydrogens is 394 g/mol. The molecule has 31 heavy (non-hydrogen) atoms. The molecule has 0 unspecified atom stereocenters. The summed E-state index contributed by atoms with van der Waals surface area (Å²) in [5, 5.41) is 6.95. The molecule has 4 fully saturated rings. The second-order valence-electron chi connectivity index (χ2n) is 9.57. The Morgan fingerprint density at radius 1 is 1.06 bits per heavy atom. The molecule has 3 heterocycles. The summed E-state index contributed by atoms with van der Waals surface area (Å²) < 4.78 is 11.4. The minimum absolute atomic E-state index is 0.0391. The summed E-state index contributed by atoms with van der Waals surface area (Å²) in [6.07, 6.45) is 9.08. The SMILES string of the molecule is O=C(c1ccc(OC[C@@H]2CCCO2)cc1)N1CCC2(CC1)NC(=O)C1(CCCCC1)N2. The van der Waals surface area contributed by atoms with E-state index in [1.165, 1.54) is 6.42 Å². The minimum Gasteiger partial charge on any atom is -0.491 e. The van der Waals surface area contributed by atoms with Crippen molar-refractivity contribution in [2.24, 2.45) is 0 Å². The van der Waals surface area contributed by atoms with E-state index in [0.717, 1.165) is 63.7 Å². The molecule has 5 rings (SSSR count). The first-order valence-electron chi connectivity index (χ1n) is 11.8. The topological polar surface area (TPSA) is 79.9 Å². The van der Waals surface area contributed by atoms with Crippen LogP contribution < -0.4 is 15.4 Å². The van der Waals surface area contributed by atoms with Crippen molar-refractivity contribution < 1.29 is 19.1 Å². The molecule has 3 saturated heterocycles. The molecule has 0 aromatic heterocycles. The van der Waals surface area contributed by atoms with Crippen molar-refractivity contribution in [1.82, 2.24) is 15.5 Å². The van der Waals surface area contributed by atoms with Crippen LogP contribution in [0.4, 0.5) is 0 Å². The molecule has 2 spiro atoms. The van der Waals surface area contributed by atoms with Gasteiger partial charge >= 0.3 is 0 Å². The highest BCUT2D eigenvalue weighted by Crippen LogP contribution is 2.37. The van der Waals surface area contributed by atoms with Gasteiger partial charge in [-0.15, -0.1) is 0 Å². The van der Waals surface area contributed by atoms with Crippen LogP contribution in [-0.4, -0.2) is 60.3 Å². The van der Waals surface area contributed by atoms with E-state index in [4.69, 9.17) is 9.47 Å². The lowest BCUT2D eigenvalue weighted by atomic mass is 9.81. The molecule has 1 aliphatic carbocycles. The zero-order valence-electron chi connectivity index (χ0n) is 18.2. The predicted octanol–water partition coefficient (Wildman–Crippen LogP) is 2.60. The van der Waals surface area contributed by atoms with E-state index in [1.54, 1.807) is 0 Å². The van der Waals surface area contributed by atoms with Crippen molar-refractivity contribution in [3.8, 4) is 5.75 Å². The molecular formula is C24H33N3O4. The van der Waals surface area contributed by atoms with E-state index in [2.05, 4.69) is 10.6 Å². The van der Waals surface area contributed by atoms with E-state index in [0.29, 0.717) is 25.3 Å². The summed E-state index contributed by atoms with van der Waals surface area (Å²) in [5.74, 6) is 0.961. The van der Waals surface area contributed by atoms with Crippen LogP contribution in [-0.2, 0) is 9.53 Å². The van der Waals surface area contributed by atoms with Crippen molar-refractivity contribution in [2.45, 2.75) is 75.1 Å². The standard InChI is InChI=1S/C24H33N3O4/c28-21(18-6-8-19(9-7-18)31-17-20-5-4-16-30-20)27-14-12-24(13-15-27)25-22(29)23(26-24)10-2-1-3-11-23/h6-9,20,26H,1-5,10-17H2,(H,25,29)/t20-/m0/s1. The maximum absolute atomic E-state index is 13.0. The van der Waals surface area contributed by atoms with E-state index >= 15 is 0 Å². The third-order valence-corrected chi connectivity index (χ3v) is 7.44. The molecule has 2 N–H and O–H groups in total. The molecule has 0 bridgehead atoms. The highest BCUT2D eigenvalue weighted by Gasteiger charge is 2.54. The second-order valence-corrected chi connectivity index (χ2v) is 9.57. The van der Waals surface area contributed by atoms with Crippen molar-refractivity contribution in [1.29, 1.82) is 0 Å².